The number of hydrogen-bond acceptors (Lipinski definition) is 4. The molecule has 100 valence electrons. The van der Waals surface area contributed by atoms with Gasteiger partial charge in [0, 0.05) is 18.6 Å². The number of carbonyl (C=O) groups is 1. The Labute approximate surface area is 111 Å². The van der Waals surface area contributed by atoms with Gasteiger partial charge in [0.15, 0.2) is 0 Å². The maximum Gasteiger partial charge on any atom is 0.255 e. The highest BCUT2D eigenvalue weighted by molar-refractivity contribution is 6.31. The maximum absolute atomic E-state index is 12.2. The normalized spacial score (nSPS) is 12.1. The van der Waals surface area contributed by atoms with Crippen molar-refractivity contribution in [3.8, 4) is 0 Å². The Hall–Kier alpha value is -1.30. The highest BCUT2D eigenvalue weighted by Gasteiger charge is 2.16. The first-order valence-electron chi connectivity index (χ1n) is 5.65. The number of halogens is 1. The number of hydrazine groups is 1. The minimum absolute atomic E-state index is 0.189. The standard InChI is InChI=1S/C12H18ClN3O2/c1-8(17)5-6-16(2)12(18)10-7-9(13)3-4-11(10)15-14/h3-4,7-8,15,17H,5-6,14H2,1-2H3. The van der Waals surface area contributed by atoms with Crippen LogP contribution in [-0.2, 0) is 0 Å². The highest BCUT2D eigenvalue weighted by atomic mass is 35.5. The second kappa shape index (κ2) is 6.58. The molecule has 0 spiro atoms. The van der Waals surface area contributed by atoms with Crippen LogP contribution in [0.4, 0.5) is 5.69 Å². The van der Waals surface area contributed by atoms with Crippen LogP contribution in [0.3, 0.4) is 0 Å². The Kier molecular flexibility index (Phi) is 5.40. The molecule has 4 N–H and O–H groups in total. The fourth-order valence-corrected chi connectivity index (χ4v) is 1.68. The highest BCUT2D eigenvalue weighted by Crippen LogP contribution is 2.21. The first-order chi connectivity index (χ1) is 8.45. The minimum Gasteiger partial charge on any atom is -0.393 e. The average molecular weight is 272 g/mol. The molecule has 1 aromatic carbocycles. The molecule has 18 heavy (non-hydrogen) atoms. The van der Waals surface area contributed by atoms with Gasteiger partial charge in [-0.1, -0.05) is 11.6 Å². The van der Waals surface area contributed by atoms with Gasteiger partial charge in [-0.3, -0.25) is 10.6 Å². The number of nitrogens with one attached hydrogen (secondary N) is 1. The number of rotatable bonds is 5. The Morgan fingerprint density at radius 3 is 2.83 bits per heavy atom. The van der Waals surface area contributed by atoms with Crippen LogP contribution in [0.1, 0.15) is 23.7 Å². The van der Waals surface area contributed by atoms with E-state index in [1.54, 1.807) is 32.2 Å². The largest absolute Gasteiger partial charge is 0.393 e. The van der Waals surface area contributed by atoms with Crippen LogP contribution >= 0.6 is 11.6 Å². The van der Waals surface area contributed by atoms with Gasteiger partial charge in [-0.25, -0.2) is 0 Å². The lowest BCUT2D eigenvalue weighted by atomic mass is 10.1. The minimum atomic E-state index is -0.438. The summed E-state index contributed by atoms with van der Waals surface area (Å²) >= 11 is 5.87. The van der Waals surface area contributed by atoms with Gasteiger partial charge in [0.1, 0.15) is 0 Å². The molecule has 0 aliphatic rings. The van der Waals surface area contributed by atoms with Crippen LogP contribution in [0.5, 0.6) is 0 Å². The lowest BCUT2D eigenvalue weighted by Crippen LogP contribution is -2.30. The predicted octanol–water partition coefficient (Wildman–Crippen LogP) is 1.47. The van der Waals surface area contributed by atoms with E-state index >= 15 is 0 Å². The van der Waals surface area contributed by atoms with Crippen molar-refractivity contribution < 1.29 is 9.90 Å². The van der Waals surface area contributed by atoms with Crippen LogP contribution in [0.25, 0.3) is 0 Å². The summed E-state index contributed by atoms with van der Waals surface area (Å²) < 4.78 is 0. The van der Waals surface area contributed by atoms with E-state index in [-0.39, 0.29) is 5.91 Å². The molecule has 0 aliphatic heterocycles. The van der Waals surface area contributed by atoms with Gasteiger partial charge in [-0.15, -0.1) is 0 Å². The summed E-state index contributed by atoms with van der Waals surface area (Å²) in [5, 5.41) is 9.68. The summed E-state index contributed by atoms with van der Waals surface area (Å²) in [4.78, 5) is 13.7. The second-order valence-electron chi connectivity index (χ2n) is 4.20. The average Bonchev–Trinajstić information content (AvgIpc) is 2.34. The molecule has 0 bridgehead atoms. The molecular weight excluding hydrogens is 254 g/mol. The summed E-state index contributed by atoms with van der Waals surface area (Å²) in [5.41, 5.74) is 3.40. The Morgan fingerprint density at radius 2 is 2.28 bits per heavy atom. The first kappa shape index (κ1) is 14.8. The third-order valence-electron chi connectivity index (χ3n) is 2.60. The van der Waals surface area contributed by atoms with Crippen LogP contribution in [-0.4, -0.2) is 35.6 Å². The maximum atomic E-state index is 12.2. The molecule has 1 unspecified atom stereocenters. The third-order valence-corrected chi connectivity index (χ3v) is 2.83. The summed E-state index contributed by atoms with van der Waals surface area (Å²) in [6.07, 6.45) is 0.0838. The van der Waals surface area contributed by atoms with Crippen LogP contribution in [0.15, 0.2) is 18.2 Å². The molecular formula is C12H18ClN3O2. The molecule has 0 aliphatic carbocycles. The molecule has 1 rings (SSSR count). The van der Waals surface area contributed by atoms with Gasteiger partial charge in [0.05, 0.1) is 17.4 Å². The summed E-state index contributed by atoms with van der Waals surface area (Å²) in [6, 6.07) is 4.87. The smallest absolute Gasteiger partial charge is 0.255 e. The predicted molar refractivity (Wildman–Crippen MR) is 72.5 cm³/mol. The molecule has 0 saturated carbocycles. The van der Waals surface area contributed by atoms with Crippen molar-refractivity contribution in [2.75, 3.05) is 19.0 Å². The van der Waals surface area contributed by atoms with E-state index in [9.17, 15) is 9.90 Å². The molecule has 1 amide bonds. The number of nitrogens with zero attached hydrogens (tertiary/aromatic N) is 1. The van der Waals surface area contributed by atoms with Gasteiger partial charge in [0.2, 0.25) is 0 Å². The van der Waals surface area contributed by atoms with Gasteiger partial charge < -0.3 is 15.4 Å². The van der Waals surface area contributed by atoms with E-state index < -0.39 is 6.10 Å². The van der Waals surface area contributed by atoms with E-state index in [1.165, 1.54) is 4.90 Å². The van der Waals surface area contributed by atoms with E-state index in [4.69, 9.17) is 17.4 Å². The van der Waals surface area contributed by atoms with E-state index in [0.29, 0.717) is 29.2 Å². The molecule has 0 aromatic heterocycles. The van der Waals surface area contributed by atoms with Gasteiger partial charge in [-0.2, -0.15) is 0 Å². The lowest BCUT2D eigenvalue weighted by Gasteiger charge is -2.19. The zero-order valence-corrected chi connectivity index (χ0v) is 11.2. The fraction of sp³-hybridized carbons (Fsp3) is 0.417. The summed E-state index contributed by atoms with van der Waals surface area (Å²) in [6.45, 7) is 2.15. The Balaban J connectivity index is 2.85. The van der Waals surface area contributed by atoms with Crippen LogP contribution < -0.4 is 11.3 Å². The van der Waals surface area contributed by atoms with Crippen molar-refractivity contribution in [3.05, 3.63) is 28.8 Å². The van der Waals surface area contributed by atoms with E-state index in [1.807, 2.05) is 0 Å². The number of carbonyl (C=O) groups excluding carboxylic acids is 1. The van der Waals surface area contributed by atoms with Gasteiger partial charge >= 0.3 is 0 Å². The Morgan fingerprint density at radius 1 is 1.61 bits per heavy atom. The molecule has 1 atom stereocenters. The van der Waals surface area contributed by atoms with E-state index in [0.717, 1.165) is 0 Å². The van der Waals surface area contributed by atoms with Crippen molar-refractivity contribution in [2.45, 2.75) is 19.4 Å². The third kappa shape index (κ3) is 3.87. The quantitative estimate of drug-likeness (QED) is 0.560. The molecule has 6 heteroatoms. The van der Waals surface area contributed by atoms with Crippen molar-refractivity contribution in [2.24, 2.45) is 5.84 Å². The number of nitrogens with two attached hydrogens (primary N) is 1. The molecule has 5 nitrogen and oxygen atoms in total. The molecule has 0 fully saturated rings. The van der Waals surface area contributed by atoms with Crippen molar-refractivity contribution >= 4 is 23.2 Å². The summed E-state index contributed by atoms with van der Waals surface area (Å²) in [5.74, 6) is 5.17. The molecule has 0 heterocycles. The zero-order valence-electron chi connectivity index (χ0n) is 10.5. The number of anilines is 1. The lowest BCUT2D eigenvalue weighted by molar-refractivity contribution is 0.0770. The summed E-state index contributed by atoms with van der Waals surface area (Å²) in [7, 11) is 1.67. The van der Waals surface area contributed by atoms with Crippen molar-refractivity contribution in [1.29, 1.82) is 0 Å². The van der Waals surface area contributed by atoms with Crippen molar-refractivity contribution in [3.63, 3.8) is 0 Å². The number of aliphatic hydroxyl groups excluding tert-OH is 1. The van der Waals surface area contributed by atoms with Crippen LogP contribution in [0, 0.1) is 0 Å². The number of nitrogen functional groups attached to an aromatic ring is 1. The van der Waals surface area contributed by atoms with Gasteiger partial charge in [0.25, 0.3) is 5.91 Å². The molecule has 1 aromatic rings. The number of benzene rings is 1. The van der Waals surface area contributed by atoms with Crippen LogP contribution in [0.2, 0.25) is 5.02 Å². The molecule has 0 radical (unpaired) electrons. The fourth-order valence-electron chi connectivity index (χ4n) is 1.51. The number of hydrogen-bond donors (Lipinski definition) is 3. The monoisotopic (exact) mass is 271 g/mol. The second-order valence-corrected chi connectivity index (χ2v) is 4.64. The van der Waals surface area contributed by atoms with E-state index in [2.05, 4.69) is 5.43 Å². The molecule has 0 saturated heterocycles. The number of aliphatic hydroxyl groups is 1. The van der Waals surface area contributed by atoms with Crippen molar-refractivity contribution in [1.82, 2.24) is 4.90 Å². The van der Waals surface area contributed by atoms with Gasteiger partial charge in [-0.05, 0) is 31.5 Å². The first-order valence-corrected chi connectivity index (χ1v) is 6.03. The topological polar surface area (TPSA) is 78.6 Å². The Bertz CT molecular complexity index is 424. The zero-order chi connectivity index (χ0) is 13.7. The number of amides is 1. The SMILES string of the molecule is CC(O)CCN(C)C(=O)c1cc(Cl)ccc1NN.